The molecule has 0 unspecified atom stereocenters. The first kappa shape index (κ1) is 22.7. The number of nitrogens with zero attached hydrogens (tertiary/aromatic N) is 2. The Labute approximate surface area is 188 Å². The quantitative estimate of drug-likeness (QED) is 0.721. The minimum atomic E-state index is -0.488. The zero-order valence-corrected chi connectivity index (χ0v) is 19.2. The molecule has 1 saturated heterocycles. The monoisotopic (exact) mass is 446 g/mol. The van der Waals surface area contributed by atoms with E-state index in [4.69, 9.17) is 18.7 Å². The van der Waals surface area contributed by atoms with Crippen LogP contribution in [0.1, 0.15) is 59.3 Å². The van der Waals surface area contributed by atoms with E-state index in [1.165, 1.54) is 0 Å². The third-order valence-corrected chi connectivity index (χ3v) is 6.10. The Kier molecular flexibility index (Phi) is 6.79. The zero-order valence-electron chi connectivity index (χ0n) is 19.2. The van der Waals surface area contributed by atoms with Gasteiger partial charge in [-0.3, -0.25) is 0 Å². The van der Waals surface area contributed by atoms with E-state index in [2.05, 4.69) is 5.16 Å². The third-order valence-electron chi connectivity index (χ3n) is 6.10. The number of carbonyl (C=O) groups excluding carboxylic acids is 1. The van der Waals surface area contributed by atoms with Crippen molar-refractivity contribution >= 4 is 17.1 Å². The van der Waals surface area contributed by atoms with E-state index < -0.39 is 11.7 Å². The molecule has 2 aromatic rings. The number of ether oxygens (including phenoxy) is 3. The van der Waals surface area contributed by atoms with Crippen molar-refractivity contribution in [2.24, 2.45) is 5.92 Å². The molecule has 4 rings (SSSR count). The molecule has 1 aliphatic carbocycles. The van der Waals surface area contributed by atoms with Gasteiger partial charge >= 0.3 is 6.09 Å². The summed E-state index contributed by atoms with van der Waals surface area (Å²) < 4.78 is 23.1. The molecule has 8 heteroatoms. The Morgan fingerprint density at radius 1 is 1.19 bits per heavy atom. The van der Waals surface area contributed by atoms with Crippen LogP contribution in [0.15, 0.2) is 22.7 Å². The normalized spacial score (nSPS) is 22.7. The van der Waals surface area contributed by atoms with Crippen molar-refractivity contribution in [2.45, 2.75) is 77.1 Å². The van der Waals surface area contributed by atoms with E-state index in [0.717, 1.165) is 38.5 Å². The maximum Gasteiger partial charge on any atom is 0.410 e. The van der Waals surface area contributed by atoms with Crippen LogP contribution < -0.4 is 9.47 Å². The fourth-order valence-corrected chi connectivity index (χ4v) is 4.31. The molecule has 8 nitrogen and oxygen atoms in total. The van der Waals surface area contributed by atoms with Gasteiger partial charge < -0.3 is 28.7 Å². The van der Waals surface area contributed by atoms with Crippen molar-refractivity contribution in [1.29, 1.82) is 0 Å². The number of carbonyl (C=O) groups is 1. The topological polar surface area (TPSA) is 94.3 Å². The van der Waals surface area contributed by atoms with Crippen LogP contribution in [0.4, 0.5) is 4.79 Å². The van der Waals surface area contributed by atoms with E-state index in [1.54, 1.807) is 4.90 Å². The first-order valence-electron chi connectivity index (χ1n) is 11.6. The largest absolute Gasteiger partial charge is 0.487 e. The van der Waals surface area contributed by atoms with E-state index in [-0.39, 0.29) is 12.2 Å². The summed E-state index contributed by atoms with van der Waals surface area (Å²) in [6.45, 7) is 7.42. The summed E-state index contributed by atoms with van der Waals surface area (Å²) in [5.41, 5.74) is 0.112. The van der Waals surface area contributed by atoms with Gasteiger partial charge in [0.15, 0.2) is 5.58 Å². The fraction of sp³-hybridized carbons (Fsp3) is 0.667. The summed E-state index contributed by atoms with van der Waals surface area (Å²) in [6, 6.07) is 5.56. The van der Waals surface area contributed by atoms with Gasteiger partial charge in [0.05, 0.1) is 12.7 Å². The fourth-order valence-electron chi connectivity index (χ4n) is 4.31. The Balaban J connectivity index is 1.36. The van der Waals surface area contributed by atoms with Gasteiger partial charge in [0.2, 0.25) is 0 Å². The molecule has 1 aromatic heterocycles. The minimum Gasteiger partial charge on any atom is -0.487 e. The summed E-state index contributed by atoms with van der Waals surface area (Å²) in [5.74, 6) is 1.36. The zero-order chi connectivity index (χ0) is 22.7. The molecule has 1 aromatic carbocycles. The minimum absolute atomic E-state index is 0.228. The molecule has 32 heavy (non-hydrogen) atoms. The highest BCUT2D eigenvalue weighted by atomic mass is 16.6. The van der Waals surface area contributed by atoms with Crippen LogP contribution in [0, 0.1) is 5.92 Å². The van der Waals surface area contributed by atoms with Gasteiger partial charge in [0.25, 0.3) is 5.88 Å². The maximum atomic E-state index is 12.3. The number of aliphatic hydroxyl groups is 1. The van der Waals surface area contributed by atoms with Gasteiger partial charge in [-0.25, -0.2) is 4.79 Å². The predicted molar refractivity (Wildman–Crippen MR) is 119 cm³/mol. The molecule has 0 spiro atoms. The Morgan fingerprint density at radius 3 is 2.66 bits per heavy atom. The second-order valence-corrected chi connectivity index (χ2v) is 9.85. The molecule has 176 valence electrons. The maximum absolute atomic E-state index is 12.3. The van der Waals surface area contributed by atoms with Gasteiger partial charge in [0.1, 0.15) is 22.8 Å². The predicted octanol–water partition coefficient (Wildman–Crippen LogP) is 4.54. The highest BCUT2D eigenvalue weighted by Crippen LogP contribution is 2.36. The Hall–Kier alpha value is -2.48. The summed E-state index contributed by atoms with van der Waals surface area (Å²) in [6.07, 6.45) is 4.40. The molecule has 2 heterocycles. The van der Waals surface area contributed by atoms with Crippen LogP contribution in [-0.4, -0.2) is 58.8 Å². The van der Waals surface area contributed by atoms with Crippen LogP contribution in [0.2, 0.25) is 0 Å². The molecule has 0 bridgehead atoms. The molecular formula is C24H34N2O6. The van der Waals surface area contributed by atoms with E-state index in [0.29, 0.717) is 48.2 Å². The number of likely N-dealkylation sites (tertiary alicyclic amines) is 1. The first-order chi connectivity index (χ1) is 15.3. The molecule has 2 fully saturated rings. The smallest absolute Gasteiger partial charge is 0.410 e. The molecule has 0 radical (unpaired) electrons. The van der Waals surface area contributed by atoms with Gasteiger partial charge in [0, 0.05) is 13.1 Å². The lowest BCUT2D eigenvalue weighted by Gasteiger charge is -2.33. The average molecular weight is 447 g/mol. The van der Waals surface area contributed by atoms with Crippen molar-refractivity contribution in [3.63, 3.8) is 0 Å². The number of aromatic nitrogens is 1. The number of amides is 1. The second-order valence-electron chi connectivity index (χ2n) is 9.85. The van der Waals surface area contributed by atoms with Crippen LogP contribution in [0.3, 0.4) is 0 Å². The SMILES string of the molecule is CC(C)(C)OC(=O)N1CCC(COc2noc3cccc(O[C@@H]4CCCC[C@@H]4O)c23)CC1. The van der Waals surface area contributed by atoms with Crippen LogP contribution >= 0.6 is 0 Å². The lowest BCUT2D eigenvalue weighted by molar-refractivity contribution is 0.00758. The molecular weight excluding hydrogens is 412 g/mol. The van der Waals surface area contributed by atoms with Crippen LogP contribution in [0.5, 0.6) is 11.6 Å². The van der Waals surface area contributed by atoms with E-state index >= 15 is 0 Å². The molecule has 1 amide bonds. The van der Waals surface area contributed by atoms with Crippen molar-refractivity contribution in [3.05, 3.63) is 18.2 Å². The summed E-state index contributed by atoms with van der Waals surface area (Å²) in [5, 5.41) is 15.1. The number of hydrogen-bond acceptors (Lipinski definition) is 7. The number of benzene rings is 1. The van der Waals surface area contributed by atoms with Crippen molar-refractivity contribution in [2.75, 3.05) is 19.7 Å². The van der Waals surface area contributed by atoms with E-state index in [9.17, 15) is 9.90 Å². The van der Waals surface area contributed by atoms with Crippen molar-refractivity contribution in [3.8, 4) is 11.6 Å². The number of hydrogen-bond donors (Lipinski definition) is 1. The van der Waals surface area contributed by atoms with Crippen molar-refractivity contribution in [1.82, 2.24) is 10.1 Å². The van der Waals surface area contributed by atoms with Crippen molar-refractivity contribution < 1.29 is 28.6 Å². The van der Waals surface area contributed by atoms with E-state index in [1.807, 2.05) is 39.0 Å². The summed E-state index contributed by atoms with van der Waals surface area (Å²) in [4.78, 5) is 14.0. The Bertz CT molecular complexity index is 913. The molecule has 2 atom stereocenters. The second kappa shape index (κ2) is 9.57. The highest BCUT2D eigenvalue weighted by Gasteiger charge is 2.29. The summed E-state index contributed by atoms with van der Waals surface area (Å²) >= 11 is 0. The third kappa shape index (κ3) is 5.46. The molecule has 1 aliphatic heterocycles. The molecule has 1 saturated carbocycles. The lowest BCUT2D eigenvalue weighted by atomic mass is 9.95. The first-order valence-corrected chi connectivity index (χ1v) is 11.6. The number of fused-ring (bicyclic) bond motifs is 1. The van der Waals surface area contributed by atoms with Gasteiger partial charge in [-0.05, 0) is 76.1 Å². The number of piperidine rings is 1. The van der Waals surface area contributed by atoms with Crippen LogP contribution in [-0.2, 0) is 4.74 Å². The van der Waals surface area contributed by atoms with Crippen LogP contribution in [0.25, 0.3) is 11.0 Å². The number of rotatable bonds is 5. The highest BCUT2D eigenvalue weighted by molar-refractivity contribution is 5.88. The Morgan fingerprint density at radius 2 is 1.94 bits per heavy atom. The molecule has 1 N–H and O–H groups in total. The van der Waals surface area contributed by atoms with Gasteiger partial charge in [-0.1, -0.05) is 12.5 Å². The number of aliphatic hydroxyl groups excluding tert-OH is 1. The van der Waals surface area contributed by atoms with Gasteiger partial charge in [-0.2, -0.15) is 0 Å². The van der Waals surface area contributed by atoms with Gasteiger partial charge in [-0.15, -0.1) is 0 Å². The average Bonchev–Trinajstić information content (AvgIpc) is 3.17. The summed E-state index contributed by atoms with van der Waals surface area (Å²) in [7, 11) is 0. The lowest BCUT2D eigenvalue weighted by Crippen LogP contribution is -2.42. The molecule has 2 aliphatic rings. The standard InChI is InChI=1S/C24H34N2O6/c1-24(2,3)31-23(28)26-13-11-16(12-14-26)15-29-22-21-19(9-6-10-20(21)32-25-22)30-18-8-5-4-7-17(18)27/h6,9-10,16-18,27H,4-5,7-8,11-15H2,1-3H3/t17-,18+/m0/s1.